The molecule has 1 aliphatic carbocycles. The van der Waals surface area contributed by atoms with Gasteiger partial charge in [0, 0.05) is 24.3 Å². The molecule has 0 aromatic carbocycles. The van der Waals surface area contributed by atoms with E-state index in [0.29, 0.717) is 0 Å². The van der Waals surface area contributed by atoms with Gasteiger partial charge in [-0.3, -0.25) is 4.79 Å². The standard InChI is InChI=1S/C15H30N2O4S/c1-5-6-8-21-13-10-12(15(13,2)3)17-14(18)11(16)7-9-22(4,19)20/h11-13H,5-10,16H2,1-4H3,(H,17,18). The van der Waals surface area contributed by atoms with Gasteiger partial charge in [-0.05, 0) is 19.3 Å². The molecule has 3 atom stereocenters. The average molecular weight is 334 g/mol. The highest BCUT2D eigenvalue weighted by Crippen LogP contribution is 2.42. The van der Waals surface area contributed by atoms with Crippen LogP contribution in [0.15, 0.2) is 0 Å². The number of ether oxygens (including phenoxy) is 1. The first-order valence-electron chi connectivity index (χ1n) is 7.93. The Morgan fingerprint density at radius 2 is 2.09 bits per heavy atom. The first-order valence-corrected chi connectivity index (χ1v) is 9.99. The van der Waals surface area contributed by atoms with Gasteiger partial charge < -0.3 is 15.8 Å². The fraction of sp³-hybridized carbons (Fsp3) is 0.933. The molecule has 3 unspecified atom stereocenters. The van der Waals surface area contributed by atoms with Gasteiger partial charge in [0.1, 0.15) is 9.84 Å². The normalized spacial score (nSPS) is 25.3. The Kier molecular flexibility index (Phi) is 6.83. The van der Waals surface area contributed by atoms with Gasteiger partial charge in [0.05, 0.1) is 17.9 Å². The average Bonchev–Trinajstić information content (AvgIpc) is 2.41. The highest BCUT2D eigenvalue weighted by Gasteiger charge is 2.49. The second-order valence-corrected chi connectivity index (χ2v) is 9.12. The van der Waals surface area contributed by atoms with E-state index >= 15 is 0 Å². The number of unbranched alkanes of at least 4 members (excludes halogenated alkanes) is 1. The van der Waals surface area contributed by atoms with Crippen molar-refractivity contribution in [2.45, 2.75) is 64.6 Å². The van der Waals surface area contributed by atoms with E-state index in [-0.39, 0.29) is 35.6 Å². The SMILES string of the molecule is CCCCOC1CC(NC(=O)C(N)CCS(C)(=O)=O)C1(C)C. The van der Waals surface area contributed by atoms with Gasteiger partial charge in [0.15, 0.2) is 0 Å². The van der Waals surface area contributed by atoms with E-state index in [2.05, 4.69) is 26.1 Å². The summed E-state index contributed by atoms with van der Waals surface area (Å²) in [7, 11) is -3.10. The molecule has 22 heavy (non-hydrogen) atoms. The van der Waals surface area contributed by atoms with E-state index < -0.39 is 15.9 Å². The minimum absolute atomic E-state index is 0.0240. The molecule has 0 spiro atoms. The van der Waals surface area contributed by atoms with Crippen molar-refractivity contribution in [1.82, 2.24) is 5.32 Å². The summed E-state index contributed by atoms with van der Waals surface area (Å²) in [5.74, 6) is -0.355. The monoisotopic (exact) mass is 334 g/mol. The molecule has 0 aromatic rings. The van der Waals surface area contributed by atoms with Gasteiger partial charge in [-0.15, -0.1) is 0 Å². The first kappa shape index (κ1) is 19.4. The third kappa shape index (κ3) is 5.52. The molecule has 1 rings (SSSR count). The number of carbonyl (C=O) groups excluding carboxylic acids is 1. The van der Waals surface area contributed by atoms with Gasteiger partial charge >= 0.3 is 0 Å². The van der Waals surface area contributed by atoms with Crippen LogP contribution in [0.2, 0.25) is 0 Å². The Hall–Kier alpha value is -0.660. The molecule has 6 nitrogen and oxygen atoms in total. The fourth-order valence-electron chi connectivity index (χ4n) is 2.53. The zero-order chi connectivity index (χ0) is 17.0. The maximum Gasteiger partial charge on any atom is 0.237 e. The smallest absolute Gasteiger partial charge is 0.237 e. The molecular formula is C15H30N2O4S. The number of rotatable bonds is 9. The van der Waals surface area contributed by atoms with Crippen molar-refractivity contribution < 1.29 is 17.9 Å². The second kappa shape index (κ2) is 7.75. The Morgan fingerprint density at radius 1 is 1.45 bits per heavy atom. The van der Waals surface area contributed by atoms with Gasteiger partial charge in [0.2, 0.25) is 5.91 Å². The maximum atomic E-state index is 12.0. The van der Waals surface area contributed by atoms with Gasteiger partial charge in [-0.1, -0.05) is 27.2 Å². The summed E-state index contributed by atoms with van der Waals surface area (Å²) in [4.78, 5) is 12.0. The molecule has 130 valence electrons. The molecule has 0 bridgehead atoms. The minimum Gasteiger partial charge on any atom is -0.378 e. The number of amides is 1. The maximum absolute atomic E-state index is 12.0. The van der Waals surface area contributed by atoms with Crippen LogP contribution in [0.25, 0.3) is 0 Å². The van der Waals surface area contributed by atoms with Crippen molar-refractivity contribution >= 4 is 15.7 Å². The van der Waals surface area contributed by atoms with Gasteiger partial charge in [-0.25, -0.2) is 8.42 Å². The van der Waals surface area contributed by atoms with Crippen LogP contribution in [-0.4, -0.2) is 51.1 Å². The Labute approximate surface area is 134 Å². The molecule has 7 heteroatoms. The number of nitrogens with two attached hydrogens (primary N) is 1. The lowest BCUT2D eigenvalue weighted by Gasteiger charge is -2.51. The lowest BCUT2D eigenvalue weighted by atomic mass is 9.64. The molecular weight excluding hydrogens is 304 g/mol. The molecule has 0 radical (unpaired) electrons. The lowest BCUT2D eigenvalue weighted by Crippen LogP contribution is -2.63. The predicted octanol–water partition coefficient (Wildman–Crippen LogP) is 0.848. The fourth-order valence-corrected chi connectivity index (χ4v) is 3.22. The van der Waals surface area contributed by atoms with Crippen LogP contribution < -0.4 is 11.1 Å². The summed E-state index contributed by atoms with van der Waals surface area (Å²) >= 11 is 0. The van der Waals surface area contributed by atoms with E-state index in [1.165, 1.54) is 0 Å². The van der Waals surface area contributed by atoms with Crippen LogP contribution in [0.1, 0.15) is 46.5 Å². The van der Waals surface area contributed by atoms with Gasteiger partial charge in [-0.2, -0.15) is 0 Å². The van der Waals surface area contributed by atoms with Crippen LogP contribution in [0.4, 0.5) is 0 Å². The number of hydrogen-bond donors (Lipinski definition) is 2. The highest BCUT2D eigenvalue weighted by atomic mass is 32.2. The third-order valence-electron chi connectivity index (χ3n) is 4.45. The van der Waals surface area contributed by atoms with Crippen LogP contribution in [0, 0.1) is 5.41 Å². The van der Waals surface area contributed by atoms with E-state index in [4.69, 9.17) is 10.5 Å². The molecule has 3 N–H and O–H groups in total. The molecule has 0 aliphatic heterocycles. The number of sulfone groups is 1. The van der Waals surface area contributed by atoms with Crippen molar-refractivity contribution in [3.63, 3.8) is 0 Å². The summed E-state index contributed by atoms with van der Waals surface area (Å²) in [6.45, 7) is 7.01. The Bertz CT molecular complexity index is 476. The van der Waals surface area contributed by atoms with Crippen molar-refractivity contribution in [2.24, 2.45) is 11.1 Å². The third-order valence-corrected chi connectivity index (χ3v) is 5.42. The van der Waals surface area contributed by atoms with Crippen LogP contribution in [-0.2, 0) is 19.4 Å². The van der Waals surface area contributed by atoms with Crippen LogP contribution in [0.5, 0.6) is 0 Å². The number of hydrogen-bond acceptors (Lipinski definition) is 5. The van der Waals surface area contributed by atoms with E-state index in [9.17, 15) is 13.2 Å². The molecule has 0 saturated heterocycles. The summed E-state index contributed by atoms with van der Waals surface area (Å²) in [6.07, 6.45) is 4.36. The molecule has 1 aliphatic rings. The van der Waals surface area contributed by atoms with Crippen LogP contribution in [0.3, 0.4) is 0 Å². The van der Waals surface area contributed by atoms with Crippen molar-refractivity contribution in [3.8, 4) is 0 Å². The van der Waals surface area contributed by atoms with Crippen molar-refractivity contribution in [3.05, 3.63) is 0 Å². The summed E-state index contributed by atoms with van der Waals surface area (Å²) in [6, 6.07) is -0.763. The zero-order valence-corrected chi connectivity index (χ0v) is 14.9. The van der Waals surface area contributed by atoms with E-state index in [0.717, 1.165) is 32.1 Å². The Balaban J connectivity index is 2.39. The van der Waals surface area contributed by atoms with E-state index in [1.54, 1.807) is 0 Å². The molecule has 1 amide bonds. The van der Waals surface area contributed by atoms with E-state index in [1.807, 2.05) is 0 Å². The number of carbonyl (C=O) groups is 1. The topological polar surface area (TPSA) is 98.5 Å². The molecule has 1 saturated carbocycles. The second-order valence-electron chi connectivity index (χ2n) is 6.86. The largest absolute Gasteiger partial charge is 0.378 e. The summed E-state index contributed by atoms with van der Waals surface area (Å²) in [5.41, 5.74) is 5.64. The molecule has 1 fully saturated rings. The predicted molar refractivity (Wildman–Crippen MR) is 87.3 cm³/mol. The minimum atomic E-state index is -3.10. The van der Waals surface area contributed by atoms with Crippen molar-refractivity contribution in [2.75, 3.05) is 18.6 Å². The lowest BCUT2D eigenvalue weighted by molar-refractivity contribution is -0.139. The Morgan fingerprint density at radius 3 is 2.59 bits per heavy atom. The highest BCUT2D eigenvalue weighted by molar-refractivity contribution is 7.90. The zero-order valence-electron chi connectivity index (χ0n) is 14.1. The summed E-state index contributed by atoms with van der Waals surface area (Å²) in [5, 5.41) is 2.92. The first-order chi connectivity index (χ1) is 10.1. The quantitative estimate of drug-likeness (QED) is 0.609. The van der Waals surface area contributed by atoms with Crippen LogP contribution >= 0.6 is 0 Å². The molecule has 0 heterocycles. The number of nitrogens with one attached hydrogen (secondary N) is 1. The molecule has 0 aromatic heterocycles. The van der Waals surface area contributed by atoms with Crippen molar-refractivity contribution in [1.29, 1.82) is 0 Å². The van der Waals surface area contributed by atoms with Gasteiger partial charge in [0.25, 0.3) is 0 Å². The summed E-state index contributed by atoms with van der Waals surface area (Å²) < 4.78 is 28.1.